The largest absolute Gasteiger partial charge is 0.464 e. The summed E-state index contributed by atoms with van der Waals surface area (Å²) in [6.45, 7) is 2.08. The fraction of sp³-hybridized carbons (Fsp3) is 0.444. The number of H-pyrrole nitrogens is 1. The average molecular weight is 226 g/mol. The standard InChI is InChI=1S/C9H14N4O3/c1-2-16-9(15)7(10)8(14)12-4-6-3-11-5-13-6/h3,5,7H,2,4,10H2,1H3,(H,11,13)(H,12,14). The molecule has 0 saturated carbocycles. The molecule has 7 heteroatoms. The van der Waals surface area contributed by atoms with Crippen LogP contribution in [0.15, 0.2) is 12.5 Å². The van der Waals surface area contributed by atoms with Crippen molar-refractivity contribution in [3.05, 3.63) is 18.2 Å². The van der Waals surface area contributed by atoms with Gasteiger partial charge in [0.1, 0.15) is 0 Å². The van der Waals surface area contributed by atoms with Crippen LogP contribution in [-0.2, 0) is 20.9 Å². The lowest BCUT2D eigenvalue weighted by Crippen LogP contribution is -2.46. The van der Waals surface area contributed by atoms with E-state index in [0.29, 0.717) is 0 Å². The Morgan fingerprint density at radius 2 is 2.44 bits per heavy atom. The molecular formula is C9H14N4O3. The minimum Gasteiger partial charge on any atom is -0.464 e. The smallest absolute Gasteiger partial charge is 0.332 e. The average Bonchev–Trinajstić information content (AvgIpc) is 2.78. The maximum Gasteiger partial charge on any atom is 0.332 e. The van der Waals surface area contributed by atoms with Crippen molar-refractivity contribution in [1.82, 2.24) is 15.3 Å². The molecule has 0 bridgehead atoms. The van der Waals surface area contributed by atoms with Crippen molar-refractivity contribution in [1.29, 1.82) is 0 Å². The summed E-state index contributed by atoms with van der Waals surface area (Å²) in [5.41, 5.74) is 6.10. The van der Waals surface area contributed by atoms with E-state index in [1.807, 2.05) is 0 Å². The van der Waals surface area contributed by atoms with Crippen molar-refractivity contribution in [2.75, 3.05) is 6.61 Å². The number of rotatable bonds is 5. The van der Waals surface area contributed by atoms with E-state index in [4.69, 9.17) is 5.73 Å². The van der Waals surface area contributed by atoms with Crippen LogP contribution in [0.25, 0.3) is 0 Å². The van der Waals surface area contributed by atoms with Crippen molar-refractivity contribution < 1.29 is 14.3 Å². The van der Waals surface area contributed by atoms with Crippen LogP contribution < -0.4 is 11.1 Å². The first-order valence-corrected chi connectivity index (χ1v) is 4.82. The van der Waals surface area contributed by atoms with Gasteiger partial charge in [-0.25, -0.2) is 9.78 Å². The Morgan fingerprint density at radius 1 is 1.69 bits per heavy atom. The van der Waals surface area contributed by atoms with Crippen LogP contribution in [0.5, 0.6) is 0 Å². The van der Waals surface area contributed by atoms with Gasteiger partial charge in [-0.3, -0.25) is 4.79 Å². The van der Waals surface area contributed by atoms with Gasteiger partial charge in [-0.05, 0) is 6.92 Å². The summed E-state index contributed by atoms with van der Waals surface area (Å²) < 4.78 is 4.62. The fourth-order valence-corrected chi connectivity index (χ4v) is 1.01. The minimum atomic E-state index is -1.29. The highest BCUT2D eigenvalue weighted by Crippen LogP contribution is 1.91. The van der Waals surface area contributed by atoms with Gasteiger partial charge in [-0.1, -0.05) is 0 Å². The second-order valence-corrected chi connectivity index (χ2v) is 3.02. The molecular weight excluding hydrogens is 212 g/mol. The highest BCUT2D eigenvalue weighted by Gasteiger charge is 2.22. The highest BCUT2D eigenvalue weighted by molar-refractivity contribution is 6.01. The summed E-state index contributed by atoms with van der Waals surface area (Å²) in [4.78, 5) is 29.1. The first-order valence-electron chi connectivity index (χ1n) is 4.82. The van der Waals surface area contributed by atoms with Crippen LogP contribution in [0.2, 0.25) is 0 Å². The van der Waals surface area contributed by atoms with Crippen LogP contribution in [0, 0.1) is 0 Å². The van der Waals surface area contributed by atoms with Crippen molar-refractivity contribution in [3.63, 3.8) is 0 Å². The summed E-state index contributed by atoms with van der Waals surface area (Å²) >= 11 is 0. The van der Waals surface area contributed by atoms with Gasteiger partial charge in [0.25, 0.3) is 0 Å². The molecule has 1 amide bonds. The molecule has 0 aliphatic carbocycles. The summed E-state index contributed by atoms with van der Waals surface area (Å²) in [6.07, 6.45) is 3.06. The van der Waals surface area contributed by atoms with Crippen molar-refractivity contribution in [2.45, 2.75) is 19.5 Å². The number of ether oxygens (including phenoxy) is 1. The molecule has 0 aliphatic heterocycles. The molecule has 1 unspecified atom stereocenters. The van der Waals surface area contributed by atoms with E-state index in [9.17, 15) is 9.59 Å². The summed E-state index contributed by atoms with van der Waals surface area (Å²) in [6, 6.07) is -1.29. The number of aromatic nitrogens is 2. The molecule has 0 radical (unpaired) electrons. The molecule has 16 heavy (non-hydrogen) atoms. The highest BCUT2D eigenvalue weighted by atomic mass is 16.5. The Balaban J connectivity index is 2.37. The molecule has 1 rings (SSSR count). The van der Waals surface area contributed by atoms with Crippen LogP contribution in [-0.4, -0.2) is 34.5 Å². The Morgan fingerprint density at radius 3 is 3.00 bits per heavy atom. The van der Waals surface area contributed by atoms with Crippen molar-refractivity contribution >= 4 is 11.9 Å². The second kappa shape index (κ2) is 5.86. The predicted octanol–water partition coefficient (Wildman–Crippen LogP) is -1.08. The Kier molecular flexibility index (Phi) is 4.46. The van der Waals surface area contributed by atoms with E-state index >= 15 is 0 Å². The molecule has 1 aromatic heterocycles. The quantitative estimate of drug-likeness (QED) is 0.437. The lowest BCUT2D eigenvalue weighted by Gasteiger charge is -2.10. The predicted molar refractivity (Wildman–Crippen MR) is 55.0 cm³/mol. The molecule has 0 aliphatic rings. The van der Waals surface area contributed by atoms with E-state index in [1.54, 1.807) is 13.1 Å². The van der Waals surface area contributed by atoms with E-state index in [-0.39, 0.29) is 13.2 Å². The van der Waals surface area contributed by atoms with Gasteiger partial charge < -0.3 is 20.8 Å². The van der Waals surface area contributed by atoms with E-state index in [1.165, 1.54) is 6.33 Å². The number of nitrogens with two attached hydrogens (primary N) is 1. The van der Waals surface area contributed by atoms with Gasteiger partial charge >= 0.3 is 5.97 Å². The third-order valence-corrected chi connectivity index (χ3v) is 1.83. The zero-order chi connectivity index (χ0) is 12.0. The van der Waals surface area contributed by atoms with Crippen LogP contribution in [0.3, 0.4) is 0 Å². The van der Waals surface area contributed by atoms with Crippen molar-refractivity contribution in [3.8, 4) is 0 Å². The number of aromatic amines is 1. The maximum absolute atomic E-state index is 11.4. The van der Waals surface area contributed by atoms with Gasteiger partial charge in [0.15, 0.2) is 6.04 Å². The van der Waals surface area contributed by atoms with Gasteiger partial charge in [0.05, 0.1) is 25.2 Å². The Bertz CT molecular complexity index is 350. The SMILES string of the molecule is CCOC(=O)C(N)C(=O)NCc1cnc[nH]1. The number of amides is 1. The topological polar surface area (TPSA) is 110 Å². The zero-order valence-corrected chi connectivity index (χ0v) is 8.90. The summed E-state index contributed by atoms with van der Waals surface area (Å²) in [5.74, 6) is -1.31. The number of carbonyl (C=O) groups excluding carboxylic acids is 2. The number of carbonyl (C=O) groups is 2. The van der Waals surface area contributed by atoms with E-state index in [2.05, 4.69) is 20.0 Å². The van der Waals surface area contributed by atoms with Gasteiger partial charge in [0, 0.05) is 6.20 Å². The Labute approximate surface area is 92.4 Å². The van der Waals surface area contributed by atoms with Gasteiger partial charge in [-0.15, -0.1) is 0 Å². The van der Waals surface area contributed by atoms with Crippen LogP contribution >= 0.6 is 0 Å². The number of hydrogen-bond acceptors (Lipinski definition) is 5. The van der Waals surface area contributed by atoms with Gasteiger partial charge in [-0.2, -0.15) is 0 Å². The van der Waals surface area contributed by atoms with Gasteiger partial charge in [0.2, 0.25) is 5.91 Å². The minimum absolute atomic E-state index is 0.195. The third kappa shape index (κ3) is 3.35. The Hall–Kier alpha value is -1.89. The number of esters is 1. The molecule has 1 atom stereocenters. The zero-order valence-electron chi connectivity index (χ0n) is 8.90. The van der Waals surface area contributed by atoms with E-state index < -0.39 is 17.9 Å². The van der Waals surface area contributed by atoms with E-state index in [0.717, 1.165) is 5.69 Å². The normalized spacial score (nSPS) is 11.9. The summed E-state index contributed by atoms with van der Waals surface area (Å²) in [7, 11) is 0. The molecule has 1 aromatic rings. The molecule has 4 N–H and O–H groups in total. The maximum atomic E-state index is 11.4. The summed E-state index contributed by atoms with van der Waals surface area (Å²) in [5, 5.41) is 2.49. The lowest BCUT2D eigenvalue weighted by atomic mass is 10.3. The van der Waals surface area contributed by atoms with Crippen LogP contribution in [0.4, 0.5) is 0 Å². The number of nitrogens with zero attached hydrogens (tertiary/aromatic N) is 1. The second-order valence-electron chi connectivity index (χ2n) is 3.02. The molecule has 1 heterocycles. The molecule has 0 fully saturated rings. The first kappa shape index (κ1) is 12.2. The third-order valence-electron chi connectivity index (χ3n) is 1.83. The first-order chi connectivity index (χ1) is 7.65. The molecule has 88 valence electrons. The lowest BCUT2D eigenvalue weighted by molar-refractivity contribution is -0.148. The number of hydrogen-bond donors (Lipinski definition) is 3. The molecule has 0 saturated heterocycles. The van der Waals surface area contributed by atoms with Crippen LogP contribution in [0.1, 0.15) is 12.6 Å². The number of nitrogens with one attached hydrogen (secondary N) is 2. The molecule has 0 aromatic carbocycles. The van der Waals surface area contributed by atoms with Crippen molar-refractivity contribution in [2.24, 2.45) is 5.73 Å². The monoisotopic (exact) mass is 226 g/mol. The fourth-order valence-electron chi connectivity index (χ4n) is 1.01. The number of imidazole rings is 1. The molecule has 7 nitrogen and oxygen atoms in total. The molecule has 0 spiro atoms.